The standard InChI is InChI=1S/C10H14N2O4/c1-16-6-7(5-13)11-9-4-2-3-8(12-9)10(14)15/h2-4,7,13H,5-6H2,1H3,(H,11,12)(H,14,15). The van der Waals surface area contributed by atoms with Crippen molar-refractivity contribution in [2.24, 2.45) is 0 Å². The van der Waals surface area contributed by atoms with Crippen molar-refractivity contribution in [1.82, 2.24) is 4.98 Å². The van der Waals surface area contributed by atoms with Crippen LogP contribution in [0.5, 0.6) is 0 Å². The summed E-state index contributed by atoms with van der Waals surface area (Å²) in [6, 6.07) is 4.31. The number of aliphatic hydroxyl groups is 1. The normalized spacial score (nSPS) is 12.1. The van der Waals surface area contributed by atoms with Crippen LogP contribution in [0.3, 0.4) is 0 Å². The summed E-state index contributed by atoms with van der Waals surface area (Å²) >= 11 is 0. The second kappa shape index (κ2) is 6.04. The second-order valence-corrected chi connectivity index (χ2v) is 3.19. The maximum atomic E-state index is 10.7. The smallest absolute Gasteiger partial charge is 0.354 e. The number of nitrogens with zero attached hydrogens (tertiary/aromatic N) is 1. The molecule has 3 N–H and O–H groups in total. The van der Waals surface area contributed by atoms with Gasteiger partial charge in [-0.25, -0.2) is 9.78 Å². The van der Waals surface area contributed by atoms with Gasteiger partial charge < -0.3 is 20.3 Å². The number of anilines is 1. The molecule has 88 valence electrons. The Hall–Kier alpha value is -1.66. The molecule has 6 heteroatoms. The lowest BCUT2D eigenvalue weighted by molar-refractivity contribution is 0.0690. The van der Waals surface area contributed by atoms with Crippen LogP contribution in [0.2, 0.25) is 0 Å². The summed E-state index contributed by atoms with van der Waals surface area (Å²) < 4.78 is 4.88. The van der Waals surface area contributed by atoms with Gasteiger partial charge in [0.15, 0.2) is 5.69 Å². The van der Waals surface area contributed by atoms with Crippen LogP contribution in [-0.4, -0.2) is 47.5 Å². The molecule has 0 radical (unpaired) electrons. The lowest BCUT2D eigenvalue weighted by Crippen LogP contribution is -2.29. The van der Waals surface area contributed by atoms with Crippen molar-refractivity contribution in [2.45, 2.75) is 6.04 Å². The van der Waals surface area contributed by atoms with Crippen molar-refractivity contribution < 1.29 is 19.7 Å². The van der Waals surface area contributed by atoms with Crippen molar-refractivity contribution in [2.75, 3.05) is 25.6 Å². The number of pyridine rings is 1. The zero-order valence-electron chi connectivity index (χ0n) is 8.88. The summed E-state index contributed by atoms with van der Waals surface area (Å²) in [5, 5.41) is 20.6. The summed E-state index contributed by atoms with van der Waals surface area (Å²) in [7, 11) is 1.52. The largest absolute Gasteiger partial charge is 0.477 e. The van der Waals surface area contributed by atoms with Crippen molar-refractivity contribution in [3.8, 4) is 0 Å². The number of carboxylic acids is 1. The van der Waals surface area contributed by atoms with Crippen molar-refractivity contribution in [3.63, 3.8) is 0 Å². The Kier molecular flexibility index (Phi) is 4.68. The molecule has 0 saturated heterocycles. The van der Waals surface area contributed by atoms with Crippen molar-refractivity contribution >= 4 is 11.8 Å². The molecule has 16 heavy (non-hydrogen) atoms. The van der Waals surface area contributed by atoms with Crippen LogP contribution < -0.4 is 5.32 Å². The molecular formula is C10H14N2O4. The molecular weight excluding hydrogens is 212 g/mol. The summed E-state index contributed by atoms with van der Waals surface area (Å²) in [5.41, 5.74) is -0.0425. The van der Waals surface area contributed by atoms with Gasteiger partial charge in [-0.1, -0.05) is 6.07 Å². The maximum Gasteiger partial charge on any atom is 0.354 e. The van der Waals surface area contributed by atoms with Crippen molar-refractivity contribution in [3.05, 3.63) is 23.9 Å². The number of aliphatic hydroxyl groups excluding tert-OH is 1. The first kappa shape index (κ1) is 12.4. The van der Waals surface area contributed by atoms with E-state index in [0.29, 0.717) is 12.4 Å². The Balaban J connectivity index is 2.72. The van der Waals surface area contributed by atoms with E-state index in [9.17, 15) is 4.79 Å². The van der Waals surface area contributed by atoms with E-state index < -0.39 is 5.97 Å². The third kappa shape index (κ3) is 3.48. The molecule has 1 aromatic heterocycles. The quantitative estimate of drug-likeness (QED) is 0.641. The van der Waals surface area contributed by atoms with E-state index >= 15 is 0 Å². The van der Waals surface area contributed by atoms with Gasteiger partial charge in [0.05, 0.1) is 19.3 Å². The zero-order chi connectivity index (χ0) is 12.0. The number of ether oxygens (including phenoxy) is 1. The average Bonchev–Trinajstić information content (AvgIpc) is 2.29. The zero-order valence-corrected chi connectivity index (χ0v) is 8.88. The fourth-order valence-electron chi connectivity index (χ4n) is 1.18. The molecule has 1 aromatic rings. The Bertz CT molecular complexity index is 356. The third-order valence-corrected chi connectivity index (χ3v) is 1.91. The molecule has 6 nitrogen and oxygen atoms in total. The first-order valence-electron chi connectivity index (χ1n) is 4.74. The molecule has 1 heterocycles. The van der Waals surface area contributed by atoms with E-state index in [1.54, 1.807) is 12.1 Å². The number of nitrogens with one attached hydrogen (secondary N) is 1. The number of hydrogen-bond acceptors (Lipinski definition) is 5. The Labute approximate surface area is 92.9 Å². The Morgan fingerprint density at radius 2 is 2.38 bits per heavy atom. The molecule has 0 aromatic carbocycles. The topological polar surface area (TPSA) is 91.7 Å². The third-order valence-electron chi connectivity index (χ3n) is 1.91. The molecule has 0 aliphatic carbocycles. The summed E-state index contributed by atoms with van der Waals surface area (Å²) in [5.74, 6) is -0.688. The van der Waals surface area contributed by atoms with Crippen LogP contribution in [0.4, 0.5) is 5.82 Å². The highest BCUT2D eigenvalue weighted by Crippen LogP contribution is 2.06. The molecule has 0 fully saturated rings. The lowest BCUT2D eigenvalue weighted by Gasteiger charge is -2.15. The predicted molar refractivity (Wildman–Crippen MR) is 57.6 cm³/mol. The van der Waals surface area contributed by atoms with E-state index in [0.717, 1.165) is 0 Å². The van der Waals surface area contributed by atoms with Crippen LogP contribution in [0.1, 0.15) is 10.5 Å². The fraction of sp³-hybridized carbons (Fsp3) is 0.400. The SMILES string of the molecule is COCC(CO)Nc1cccc(C(=O)O)n1. The summed E-state index contributed by atoms with van der Waals surface area (Å²) in [4.78, 5) is 14.5. The number of aromatic nitrogens is 1. The number of carbonyl (C=O) groups is 1. The molecule has 1 unspecified atom stereocenters. The van der Waals surface area contributed by atoms with Gasteiger partial charge in [-0.15, -0.1) is 0 Å². The van der Waals surface area contributed by atoms with E-state index in [2.05, 4.69) is 10.3 Å². The monoisotopic (exact) mass is 226 g/mol. The minimum atomic E-state index is -1.09. The van der Waals surface area contributed by atoms with Gasteiger partial charge in [0.2, 0.25) is 0 Å². The minimum Gasteiger partial charge on any atom is -0.477 e. The highest BCUT2D eigenvalue weighted by molar-refractivity contribution is 5.85. The molecule has 0 saturated carbocycles. The lowest BCUT2D eigenvalue weighted by atomic mass is 10.3. The fourth-order valence-corrected chi connectivity index (χ4v) is 1.18. The average molecular weight is 226 g/mol. The highest BCUT2D eigenvalue weighted by atomic mass is 16.5. The first-order valence-corrected chi connectivity index (χ1v) is 4.74. The van der Waals surface area contributed by atoms with Crippen LogP contribution in [0, 0.1) is 0 Å². The van der Waals surface area contributed by atoms with E-state index in [1.165, 1.54) is 13.2 Å². The summed E-state index contributed by atoms with van der Waals surface area (Å²) in [6.45, 7) is 0.197. The number of aromatic carboxylic acids is 1. The Morgan fingerprint density at radius 3 is 2.94 bits per heavy atom. The molecule has 1 atom stereocenters. The second-order valence-electron chi connectivity index (χ2n) is 3.19. The van der Waals surface area contributed by atoms with E-state index in [4.69, 9.17) is 14.9 Å². The molecule has 0 spiro atoms. The predicted octanol–water partition coefficient (Wildman–Crippen LogP) is 0.199. The minimum absolute atomic E-state index is 0.0425. The van der Waals surface area contributed by atoms with Gasteiger partial charge in [-0.3, -0.25) is 0 Å². The maximum absolute atomic E-state index is 10.7. The van der Waals surface area contributed by atoms with Gasteiger partial charge in [-0.2, -0.15) is 0 Å². The van der Waals surface area contributed by atoms with E-state index in [1.807, 2.05) is 0 Å². The number of hydrogen-bond donors (Lipinski definition) is 3. The number of methoxy groups -OCH3 is 1. The number of rotatable bonds is 6. The van der Waals surface area contributed by atoms with Gasteiger partial charge in [0.25, 0.3) is 0 Å². The first-order chi connectivity index (χ1) is 7.67. The van der Waals surface area contributed by atoms with Crippen LogP contribution in [0.25, 0.3) is 0 Å². The van der Waals surface area contributed by atoms with Gasteiger partial charge in [0.1, 0.15) is 5.82 Å². The van der Waals surface area contributed by atoms with Gasteiger partial charge in [-0.05, 0) is 12.1 Å². The molecule has 1 rings (SSSR count). The van der Waals surface area contributed by atoms with Gasteiger partial charge in [0, 0.05) is 7.11 Å². The number of carboxylic acid groups (broad SMARTS) is 1. The Morgan fingerprint density at radius 1 is 1.62 bits per heavy atom. The van der Waals surface area contributed by atoms with Gasteiger partial charge >= 0.3 is 5.97 Å². The van der Waals surface area contributed by atoms with Crippen LogP contribution in [0.15, 0.2) is 18.2 Å². The van der Waals surface area contributed by atoms with Crippen molar-refractivity contribution in [1.29, 1.82) is 0 Å². The molecule has 0 aliphatic rings. The molecule has 0 aliphatic heterocycles. The van der Waals surface area contributed by atoms with Crippen LogP contribution >= 0.6 is 0 Å². The molecule has 0 bridgehead atoms. The van der Waals surface area contributed by atoms with E-state index in [-0.39, 0.29) is 18.3 Å². The highest BCUT2D eigenvalue weighted by Gasteiger charge is 2.09. The summed E-state index contributed by atoms with van der Waals surface area (Å²) in [6.07, 6.45) is 0. The van der Waals surface area contributed by atoms with Crippen LogP contribution in [-0.2, 0) is 4.74 Å². The molecule has 0 amide bonds.